The van der Waals surface area contributed by atoms with Gasteiger partial charge in [-0.3, -0.25) is 10.3 Å². The summed E-state index contributed by atoms with van der Waals surface area (Å²) in [6.07, 6.45) is 0.830. The van der Waals surface area contributed by atoms with E-state index < -0.39 is 0 Å². The predicted octanol–water partition coefficient (Wildman–Crippen LogP) is 2.47. The van der Waals surface area contributed by atoms with E-state index in [-0.39, 0.29) is 11.9 Å². The summed E-state index contributed by atoms with van der Waals surface area (Å²) in [5, 5.41) is 6.17. The molecule has 0 atom stereocenters. The zero-order valence-electron chi connectivity index (χ0n) is 15.4. The first-order valence-corrected chi connectivity index (χ1v) is 8.79. The van der Waals surface area contributed by atoms with Crippen LogP contribution in [0, 0.1) is 0 Å². The molecule has 0 radical (unpaired) electrons. The van der Waals surface area contributed by atoms with Crippen molar-refractivity contribution in [3.05, 3.63) is 65.7 Å². The molecule has 138 valence electrons. The molecule has 2 aromatic carbocycles. The lowest BCUT2D eigenvalue weighted by atomic mass is 10.2. The molecule has 0 aliphatic heterocycles. The molecule has 0 fully saturated rings. The van der Waals surface area contributed by atoms with Crippen molar-refractivity contribution in [2.45, 2.75) is 32.9 Å². The predicted molar refractivity (Wildman–Crippen MR) is 110 cm³/mol. The molecule has 0 saturated carbocycles. The van der Waals surface area contributed by atoms with E-state index in [2.05, 4.69) is 46.6 Å². The lowest BCUT2D eigenvalue weighted by molar-refractivity contribution is 0.899. The lowest BCUT2D eigenvalue weighted by Gasteiger charge is -2.10. The van der Waals surface area contributed by atoms with Gasteiger partial charge >= 0.3 is 0 Å². The Morgan fingerprint density at radius 3 is 2.19 bits per heavy atom. The van der Waals surface area contributed by atoms with E-state index in [9.17, 15) is 0 Å². The van der Waals surface area contributed by atoms with Crippen LogP contribution in [0.3, 0.4) is 0 Å². The first kappa shape index (κ1) is 19.3. The molecule has 0 heterocycles. The average molecular weight is 352 g/mol. The van der Waals surface area contributed by atoms with Crippen LogP contribution in [0.25, 0.3) is 0 Å². The summed E-state index contributed by atoms with van der Waals surface area (Å²) in [6.45, 7) is 5.30. The molecule has 6 nitrogen and oxygen atoms in total. The number of rotatable bonds is 7. The van der Waals surface area contributed by atoms with Crippen LogP contribution in [0.4, 0.5) is 5.69 Å². The fourth-order valence-corrected chi connectivity index (χ4v) is 2.38. The van der Waals surface area contributed by atoms with Crippen LogP contribution in [-0.2, 0) is 13.0 Å². The van der Waals surface area contributed by atoms with Gasteiger partial charge in [0.05, 0.1) is 6.54 Å². The van der Waals surface area contributed by atoms with Crippen LogP contribution in [-0.4, -0.2) is 24.5 Å². The third kappa shape index (κ3) is 7.25. The van der Waals surface area contributed by atoms with Crippen molar-refractivity contribution in [2.24, 2.45) is 21.5 Å². The number of anilines is 1. The molecule has 2 aromatic rings. The molecule has 0 aliphatic rings. The third-order valence-electron chi connectivity index (χ3n) is 3.62. The maximum absolute atomic E-state index is 5.87. The van der Waals surface area contributed by atoms with E-state index >= 15 is 0 Å². The van der Waals surface area contributed by atoms with Gasteiger partial charge in [-0.2, -0.15) is 0 Å². The Balaban J connectivity index is 1.78. The highest BCUT2D eigenvalue weighted by atomic mass is 15.2. The van der Waals surface area contributed by atoms with Gasteiger partial charge in [-0.05, 0) is 43.5 Å². The standard InChI is InChI=1S/C20H28N6/c1-15(2)25-18-10-8-17(9-11-18)14-24-20(22)26-19(21)23-13-12-16-6-4-3-5-7-16/h3-11,15,25H,12-14H2,1-2H3,(H5,21,22,23,24,26). The number of hydrogen-bond acceptors (Lipinski definition) is 3. The van der Waals surface area contributed by atoms with Gasteiger partial charge in [-0.15, -0.1) is 0 Å². The third-order valence-corrected chi connectivity index (χ3v) is 3.62. The van der Waals surface area contributed by atoms with Crippen molar-refractivity contribution in [3.63, 3.8) is 0 Å². The zero-order valence-corrected chi connectivity index (χ0v) is 15.4. The molecule has 0 saturated heterocycles. The Bertz CT molecular complexity index is 720. The van der Waals surface area contributed by atoms with Crippen molar-refractivity contribution in [2.75, 3.05) is 11.9 Å². The van der Waals surface area contributed by atoms with Gasteiger partial charge in [0.15, 0.2) is 11.9 Å². The van der Waals surface area contributed by atoms with E-state index in [1.54, 1.807) is 0 Å². The minimum atomic E-state index is 0.260. The van der Waals surface area contributed by atoms with Gasteiger partial charge in [-0.1, -0.05) is 42.5 Å². The van der Waals surface area contributed by atoms with Crippen LogP contribution in [0.15, 0.2) is 64.6 Å². The molecule has 0 aromatic heterocycles. The van der Waals surface area contributed by atoms with E-state index in [1.165, 1.54) is 5.56 Å². The summed E-state index contributed by atoms with van der Waals surface area (Å²) in [4.78, 5) is 8.56. The van der Waals surface area contributed by atoms with Crippen molar-refractivity contribution in [3.8, 4) is 0 Å². The van der Waals surface area contributed by atoms with Crippen molar-refractivity contribution < 1.29 is 0 Å². The fraction of sp³-hybridized carbons (Fsp3) is 0.300. The minimum absolute atomic E-state index is 0.260. The van der Waals surface area contributed by atoms with Gasteiger partial charge < -0.3 is 16.8 Å². The monoisotopic (exact) mass is 352 g/mol. The van der Waals surface area contributed by atoms with Gasteiger partial charge in [0.2, 0.25) is 0 Å². The summed E-state index contributed by atoms with van der Waals surface area (Å²) in [5.74, 6) is 0.536. The number of nitrogens with zero attached hydrogens (tertiary/aromatic N) is 2. The van der Waals surface area contributed by atoms with Crippen LogP contribution >= 0.6 is 0 Å². The number of hydrogen-bond donors (Lipinski definition) is 4. The highest BCUT2D eigenvalue weighted by Gasteiger charge is 1.98. The second-order valence-electron chi connectivity index (χ2n) is 6.32. The van der Waals surface area contributed by atoms with Crippen molar-refractivity contribution in [1.82, 2.24) is 5.32 Å². The molecule has 0 spiro atoms. The molecule has 0 amide bonds. The number of guanidine groups is 2. The summed E-state index contributed by atoms with van der Waals surface area (Å²) in [5.41, 5.74) is 15.1. The fourth-order valence-electron chi connectivity index (χ4n) is 2.38. The molecular formula is C20H28N6. The molecular weight excluding hydrogens is 324 g/mol. The molecule has 2 rings (SSSR count). The molecule has 0 aliphatic carbocycles. The Kier molecular flexibility index (Phi) is 7.49. The van der Waals surface area contributed by atoms with Crippen molar-refractivity contribution >= 4 is 17.6 Å². The van der Waals surface area contributed by atoms with Gasteiger partial charge in [-0.25, -0.2) is 4.99 Å². The highest BCUT2D eigenvalue weighted by Crippen LogP contribution is 2.11. The van der Waals surface area contributed by atoms with E-state index in [0.717, 1.165) is 17.7 Å². The largest absolute Gasteiger partial charge is 0.383 e. The van der Waals surface area contributed by atoms with E-state index in [1.807, 2.05) is 42.5 Å². The Hall–Kier alpha value is -3.02. The SMILES string of the molecule is CC(C)Nc1ccc(CN=C(N)NC(N)=NCCc2ccccc2)cc1. The normalized spacial score (nSPS) is 12.3. The Morgan fingerprint density at radius 1 is 0.885 bits per heavy atom. The van der Waals surface area contributed by atoms with Crippen LogP contribution in [0.5, 0.6) is 0 Å². The first-order chi connectivity index (χ1) is 12.5. The average Bonchev–Trinajstić information content (AvgIpc) is 2.61. The van der Waals surface area contributed by atoms with E-state index in [0.29, 0.717) is 19.1 Å². The van der Waals surface area contributed by atoms with Crippen molar-refractivity contribution in [1.29, 1.82) is 0 Å². The summed E-state index contributed by atoms with van der Waals surface area (Å²) < 4.78 is 0. The molecule has 6 heteroatoms. The Labute approximate surface area is 155 Å². The molecule has 0 bridgehead atoms. The quantitative estimate of drug-likeness (QED) is 0.454. The number of aliphatic imine (C=N–C) groups is 2. The molecule has 6 N–H and O–H groups in total. The smallest absolute Gasteiger partial charge is 0.195 e. The first-order valence-electron chi connectivity index (χ1n) is 8.79. The number of benzene rings is 2. The van der Waals surface area contributed by atoms with Crippen LogP contribution < -0.4 is 22.1 Å². The van der Waals surface area contributed by atoms with Gasteiger partial charge in [0.1, 0.15) is 0 Å². The zero-order chi connectivity index (χ0) is 18.8. The molecule has 0 unspecified atom stereocenters. The number of nitrogens with two attached hydrogens (primary N) is 2. The topological polar surface area (TPSA) is 101 Å². The van der Waals surface area contributed by atoms with E-state index in [4.69, 9.17) is 11.5 Å². The van der Waals surface area contributed by atoms with Crippen LogP contribution in [0.2, 0.25) is 0 Å². The second kappa shape index (κ2) is 10.1. The summed E-state index contributed by atoms with van der Waals surface area (Å²) in [7, 11) is 0. The minimum Gasteiger partial charge on any atom is -0.383 e. The van der Waals surface area contributed by atoms with Gasteiger partial charge in [0, 0.05) is 18.3 Å². The summed E-state index contributed by atoms with van der Waals surface area (Å²) >= 11 is 0. The second-order valence-corrected chi connectivity index (χ2v) is 6.32. The van der Waals surface area contributed by atoms with Crippen LogP contribution in [0.1, 0.15) is 25.0 Å². The van der Waals surface area contributed by atoms with Gasteiger partial charge in [0.25, 0.3) is 0 Å². The lowest BCUT2D eigenvalue weighted by Crippen LogP contribution is -2.41. The Morgan fingerprint density at radius 2 is 1.54 bits per heavy atom. The summed E-state index contributed by atoms with van der Waals surface area (Å²) in [6, 6.07) is 18.7. The number of nitrogens with one attached hydrogen (secondary N) is 2. The molecule has 26 heavy (non-hydrogen) atoms. The maximum Gasteiger partial charge on any atom is 0.195 e. The maximum atomic E-state index is 5.87. The highest BCUT2D eigenvalue weighted by molar-refractivity contribution is 5.97.